The molecule has 2 aromatic rings. The fourth-order valence-electron chi connectivity index (χ4n) is 3.98. The molecule has 0 radical (unpaired) electrons. The van der Waals surface area contributed by atoms with Crippen LogP contribution in [0.2, 0.25) is 0 Å². The summed E-state index contributed by atoms with van der Waals surface area (Å²) >= 11 is 0. The minimum absolute atomic E-state index is 0.0693. The van der Waals surface area contributed by atoms with Crippen molar-refractivity contribution in [2.75, 3.05) is 24.7 Å². The van der Waals surface area contributed by atoms with Crippen LogP contribution in [-0.2, 0) is 29.1 Å². The molecule has 146 valence electrons. The van der Waals surface area contributed by atoms with Crippen LogP contribution in [0.1, 0.15) is 24.5 Å². The number of anilines is 1. The number of carbonyl (C=O) groups excluding carboxylic acids is 2. The van der Waals surface area contributed by atoms with Gasteiger partial charge >= 0.3 is 0 Å². The van der Waals surface area contributed by atoms with E-state index < -0.39 is 0 Å². The third-order valence-electron chi connectivity index (χ3n) is 5.44. The van der Waals surface area contributed by atoms with Gasteiger partial charge in [0.1, 0.15) is 19.0 Å². The lowest BCUT2D eigenvalue weighted by Crippen LogP contribution is -2.33. The van der Waals surface area contributed by atoms with Gasteiger partial charge in [0.15, 0.2) is 17.3 Å². The van der Waals surface area contributed by atoms with Gasteiger partial charge in [0.25, 0.3) is 0 Å². The van der Waals surface area contributed by atoms with Crippen molar-refractivity contribution in [2.24, 2.45) is 5.92 Å². The second-order valence-electron chi connectivity index (χ2n) is 7.24. The first-order chi connectivity index (χ1) is 13.7. The second kappa shape index (κ2) is 6.81. The highest BCUT2D eigenvalue weighted by molar-refractivity contribution is 6.00. The Hall–Kier alpha value is -3.10. The lowest BCUT2D eigenvalue weighted by molar-refractivity contribution is -0.126. The van der Waals surface area contributed by atoms with Gasteiger partial charge in [-0.3, -0.25) is 9.59 Å². The number of carbonyl (C=O) groups is 2. The number of hydrogen-bond donors (Lipinski definition) is 1. The molecule has 1 aromatic heterocycles. The van der Waals surface area contributed by atoms with E-state index in [2.05, 4.69) is 20.1 Å². The predicted molar refractivity (Wildman–Crippen MR) is 98.1 cm³/mol. The minimum Gasteiger partial charge on any atom is -0.486 e. The van der Waals surface area contributed by atoms with Crippen molar-refractivity contribution in [1.82, 2.24) is 20.1 Å². The van der Waals surface area contributed by atoms with Gasteiger partial charge in [-0.05, 0) is 18.6 Å². The topological polar surface area (TPSA) is 98.6 Å². The molecule has 9 nitrogen and oxygen atoms in total. The van der Waals surface area contributed by atoms with Gasteiger partial charge in [0.05, 0.1) is 12.5 Å². The van der Waals surface area contributed by atoms with Crippen molar-refractivity contribution in [3.63, 3.8) is 0 Å². The Balaban J connectivity index is 1.24. The SMILES string of the molecule is O=C(NCc1nnc2n1CCC2)C1CC(=O)N(c2ccc3c(c2)OCCO3)C1. The molecule has 9 heteroatoms. The number of fused-ring (bicyclic) bond motifs is 2. The summed E-state index contributed by atoms with van der Waals surface area (Å²) in [6.07, 6.45) is 2.19. The van der Waals surface area contributed by atoms with E-state index in [1.165, 1.54) is 0 Å². The zero-order valence-electron chi connectivity index (χ0n) is 15.4. The number of ether oxygens (including phenoxy) is 2. The highest BCUT2D eigenvalue weighted by Crippen LogP contribution is 2.36. The molecule has 5 rings (SSSR count). The number of nitrogens with zero attached hydrogens (tertiary/aromatic N) is 4. The summed E-state index contributed by atoms with van der Waals surface area (Å²) in [5.41, 5.74) is 0.722. The first kappa shape index (κ1) is 17.0. The molecule has 3 aliphatic rings. The van der Waals surface area contributed by atoms with Crippen LogP contribution in [0.25, 0.3) is 0 Å². The molecule has 4 heterocycles. The second-order valence-corrected chi connectivity index (χ2v) is 7.24. The van der Waals surface area contributed by atoms with E-state index in [1.807, 2.05) is 6.07 Å². The fourth-order valence-corrected chi connectivity index (χ4v) is 3.98. The average Bonchev–Trinajstić information content (AvgIpc) is 3.42. The third kappa shape index (κ3) is 2.96. The Morgan fingerprint density at radius 1 is 1.21 bits per heavy atom. The maximum atomic E-state index is 12.6. The number of aryl methyl sites for hydroxylation is 1. The van der Waals surface area contributed by atoms with Crippen LogP contribution in [0.5, 0.6) is 11.5 Å². The van der Waals surface area contributed by atoms with E-state index in [9.17, 15) is 9.59 Å². The summed E-state index contributed by atoms with van der Waals surface area (Å²) < 4.78 is 13.2. The van der Waals surface area contributed by atoms with Gasteiger partial charge in [-0.2, -0.15) is 0 Å². The minimum atomic E-state index is -0.387. The molecule has 1 unspecified atom stereocenters. The van der Waals surface area contributed by atoms with E-state index >= 15 is 0 Å². The summed E-state index contributed by atoms with van der Waals surface area (Å²) in [6.45, 7) is 2.59. The summed E-state index contributed by atoms with van der Waals surface area (Å²) in [5.74, 6) is 2.46. The maximum Gasteiger partial charge on any atom is 0.227 e. The van der Waals surface area contributed by atoms with Gasteiger partial charge in [-0.1, -0.05) is 0 Å². The van der Waals surface area contributed by atoms with Crippen LogP contribution < -0.4 is 19.7 Å². The standard InChI is InChI=1S/C19H21N5O4/c25-18-8-12(19(26)20-10-17-22-21-16-2-1-5-23(16)17)11-24(18)13-3-4-14-15(9-13)28-7-6-27-14/h3-4,9,12H,1-2,5-8,10-11H2,(H,20,26). The molecule has 0 aliphatic carbocycles. The Kier molecular flexibility index (Phi) is 4.14. The van der Waals surface area contributed by atoms with E-state index in [1.54, 1.807) is 17.0 Å². The van der Waals surface area contributed by atoms with Crippen LogP contribution in [0.3, 0.4) is 0 Å². The smallest absolute Gasteiger partial charge is 0.227 e. The summed E-state index contributed by atoms with van der Waals surface area (Å²) in [5, 5.41) is 11.2. The molecular weight excluding hydrogens is 362 g/mol. The Bertz CT molecular complexity index is 940. The molecule has 3 aliphatic heterocycles. The number of rotatable bonds is 4. The monoisotopic (exact) mass is 383 g/mol. The molecule has 1 fully saturated rings. The van der Waals surface area contributed by atoms with E-state index in [4.69, 9.17) is 9.47 Å². The van der Waals surface area contributed by atoms with E-state index in [-0.39, 0.29) is 24.2 Å². The van der Waals surface area contributed by atoms with E-state index in [0.717, 1.165) is 36.7 Å². The van der Waals surface area contributed by atoms with Gasteiger partial charge in [0.2, 0.25) is 11.8 Å². The molecule has 1 aromatic carbocycles. The predicted octanol–water partition coefficient (Wildman–Crippen LogP) is 0.665. The van der Waals surface area contributed by atoms with Gasteiger partial charge in [-0.25, -0.2) is 0 Å². The lowest BCUT2D eigenvalue weighted by Gasteiger charge is -2.22. The summed E-state index contributed by atoms with van der Waals surface area (Å²) in [6, 6.07) is 5.42. The van der Waals surface area contributed by atoms with Crippen molar-refractivity contribution < 1.29 is 19.1 Å². The van der Waals surface area contributed by atoms with Crippen molar-refractivity contribution in [3.05, 3.63) is 29.8 Å². The number of hydrogen-bond acceptors (Lipinski definition) is 6. The molecule has 0 bridgehead atoms. The van der Waals surface area contributed by atoms with Crippen LogP contribution >= 0.6 is 0 Å². The van der Waals surface area contributed by atoms with Gasteiger partial charge in [0, 0.05) is 37.7 Å². The molecular formula is C19H21N5O4. The van der Waals surface area contributed by atoms with Crippen molar-refractivity contribution in [1.29, 1.82) is 0 Å². The number of aromatic nitrogens is 3. The molecule has 1 saturated heterocycles. The van der Waals surface area contributed by atoms with Crippen molar-refractivity contribution in [2.45, 2.75) is 32.4 Å². The Labute approximate surface area is 161 Å². The third-order valence-corrected chi connectivity index (χ3v) is 5.44. The van der Waals surface area contributed by atoms with Crippen LogP contribution in [-0.4, -0.2) is 46.3 Å². The van der Waals surface area contributed by atoms with E-state index in [0.29, 0.717) is 37.8 Å². The molecule has 1 N–H and O–H groups in total. The van der Waals surface area contributed by atoms with Crippen LogP contribution in [0.4, 0.5) is 5.69 Å². The zero-order chi connectivity index (χ0) is 19.1. The zero-order valence-corrected chi connectivity index (χ0v) is 15.4. The summed E-state index contributed by atoms with van der Waals surface area (Å²) in [4.78, 5) is 26.7. The lowest BCUT2D eigenvalue weighted by atomic mass is 10.1. The molecule has 2 amide bonds. The maximum absolute atomic E-state index is 12.6. The average molecular weight is 383 g/mol. The first-order valence-electron chi connectivity index (χ1n) is 9.58. The van der Waals surface area contributed by atoms with Crippen molar-refractivity contribution in [3.8, 4) is 11.5 Å². The Morgan fingerprint density at radius 2 is 2.07 bits per heavy atom. The first-order valence-corrected chi connectivity index (χ1v) is 9.58. The Morgan fingerprint density at radius 3 is 2.96 bits per heavy atom. The fraction of sp³-hybridized carbons (Fsp3) is 0.474. The van der Waals surface area contributed by atoms with Crippen LogP contribution in [0, 0.1) is 5.92 Å². The largest absolute Gasteiger partial charge is 0.486 e. The molecule has 0 saturated carbocycles. The summed E-state index contributed by atoms with van der Waals surface area (Å²) in [7, 11) is 0. The quantitative estimate of drug-likeness (QED) is 0.833. The highest BCUT2D eigenvalue weighted by Gasteiger charge is 2.35. The van der Waals surface area contributed by atoms with Gasteiger partial charge in [-0.15, -0.1) is 10.2 Å². The van der Waals surface area contributed by atoms with Gasteiger partial charge < -0.3 is 24.3 Å². The normalized spacial score (nSPS) is 20.4. The van der Waals surface area contributed by atoms with Crippen LogP contribution in [0.15, 0.2) is 18.2 Å². The highest BCUT2D eigenvalue weighted by atomic mass is 16.6. The number of benzene rings is 1. The molecule has 0 spiro atoms. The number of nitrogens with one attached hydrogen (secondary N) is 1. The molecule has 28 heavy (non-hydrogen) atoms. The van der Waals surface area contributed by atoms with Crippen molar-refractivity contribution >= 4 is 17.5 Å². The molecule has 1 atom stereocenters. The number of amides is 2.